The number of hydrogen-bond donors (Lipinski definition) is 4. The number of nitrogens with zero attached hydrogens (tertiary/aromatic N) is 1. The molecule has 10 nitrogen and oxygen atoms in total. The fraction of sp³-hybridized carbons (Fsp3) is 0.583. The van der Waals surface area contributed by atoms with Gasteiger partial charge in [-0.25, -0.2) is 9.59 Å². The van der Waals surface area contributed by atoms with Crippen LogP contribution in [0.3, 0.4) is 0 Å². The zero-order valence-electron chi connectivity index (χ0n) is 11.7. The predicted molar refractivity (Wildman–Crippen MR) is 70.4 cm³/mol. The van der Waals surface area contributed by atoms with Crippen molar-refractivity contribution in [1.82, 2.24) is 10.2 Å². The van der Waals surface area contributed by atoms with Gasteiger partial charge >= 0.3 is 11.9 Å². The second kappa shape index (κ2) is 7.38. The molecule has 1 aliphatic heterocycles. The van der Waals surface area contributed by atoms with Crippen LogP contribution in [0, 0.1) is 0 Å². The smallest absolute Gasteiger partial charge is 0.326 e. The third-order valence-corrected chi connectivity index (χ3v) is 3.24. The summed E-state index contributed by atoms with van der Waals surface area (Å²) < 4.78 is 0. The normalized spacial score (nSPS) is 18.8. The Labute approximate surface area is 125 Å². The average Bonchev–Trinajstić information content (AvgIpc) is 2.75. The fourth-order valence-electron chi connectivity index (χ4n) is 2.13. The summed E-state index contributed by atoms with van der Waals surface area (Å²) in [6.45, 7) is -0.545. The highest BCUT2D eigenvalue weighted by molar-refractivity contribution is 5.92. The lowest BCUT2D eigenvalue weighted by molar-refractivity contribution is -0.148. The average molecular weight is 315 g/mol. The van der Waals surface area contributed by atoms with E-state index >= 15 is 0 Å². The lowest BCUT2D eigenvalue weighted by Crippen LogP contribution is -2.49. The summed E-state index contributed by atoms with van der Waals surface area (Å²) in [5.41, 5.74) is 4.91. The van der Waals surface area contributed by atoms with E-state index in [-0.39, 0.29) is 25.7 Å². The molecule has 1 rings (SSSR count). The molecule has 0 unspecified atom stereocenters. The van der Waals surface area contributed by atoms with Crippen molar-refractivity contribution in [2.24, 2.45) is 5.73 Å². The van der Waals surface area contributed by atoms with E-state index in [1.54, 1.807) is 0 Å². The van der Waals surface area contributed by atoms with Gasteiger partial charge in [0.2, 0.25) is 17.7 Å². The fourth-order valence-corrected chi connectivity index (χ4v) is 2.13. The van der Waals surface area contributed by atoms with Crippen LogP contribution in [-0.2, 0) is 24.0 Å². The maximum atomic E-state index is 11.8. The first-order chi connectivity index (χ1) is 10.2. The van der Waals surface area contributed by atoms with Gasteiger partial charge in [0.05, 0.1) is 0 Å². The second-order valence-corrected chi connectivity index (χ2v) is 4.88. The maximum Gasteiger partial charge on any atom is 0.326 e. The number of likely N-dealkylation sites (tertiary alicyclic amines) is 1. The largest absolute Gasteiger partial charge is 0.480 e. The number of carboxylic acids is 2. The van der Waals surface area contributed by atoms with Gasteiger partial charge in [-0.05, 0) is 12.8 Å². The summed E-state index contributed by atoms with van der Waals surface area (Å²) in [6.07, 6.45) is -0.288. The van der Waals surface area contributed by atoms with E-state index in [9.17, 15) is 24.0 Å². The van der Waals surface area contributed by atoms with Crippen molar-refractivity contribution < 1.29 is 34.2 Å². The van der Waals surface area contributed by atoms with E-state index in [2.05, 4.69) is 5.32 Å². The molecule has 0 bridgehead atoms. The Morgan fingerprint density at radius 3 is 2.45 bits per heavy atom. The van der Waals surface area contributed by atoms with Crippen LogP contribution in [0.5, 0.6) is 0 Å². The minimum absolute atomic E-state index is 0.0221. The minimum Gasteiger partial charge on any atom is -0.480 e. The highest BCUT2D eigenvalue weighted by Crippen LogP contribution is 2.18. The molecule has 0 spiro atoms. The molecule has 5 N–H and O–H groups in total. The van der Waals surface area contributed by atoms with Gasteiger partial charge in [0, 0.05) is 12.8 Å². The summed E-state index contributed by atoms with van der Waals surface area (Å²) in [6, 6.07) is -2.42. The van der Waals surface area contributed by atoms with E-state index in [4.69, 9.17) is 15.9 Å². The Hall–Kier alpha value is -2.65. The van der Waals surface area contributed by atoms with Crippen LogP contribution in [0.2, 0.25) is 0 Å². The van der Waals surface area contributed by atoms with Crippen LogP contribution in [0.15, 0.2) is 0 Å². The third kappa shape index (κ3) is 4.72. The molecule has 10 heteroatoms. The molecule has 3 amide bonds. The molecule has 22 heavy (non-hydrogen) atoms. The van der Waals surface area contributed by atoms with Crippen LogP contribution < -0.4 is 11.1 Å². The summed E-state index contributed by atoms with van der Waals surface area (Å²) in [5.74, 6) is -4.56. The maximum absolute atomic E-state index is 11.8. The highest BCUT2D eigenvalue weighted by Gasteiger charge is 2.37. The van der Waals surface area contributed by atoms with Crippen molar-refractivity contribution in [1.29, 1.82) is 0 Å². The van der Waals surface area contributed by atoms with Crippen molar-refractivity contribution in [2.75, 3.05) is 6.54 Å². The number of nitrogens with two attached hydrogens (primary N) is 1. The molecule has 1 saturated heterocycles. The molecule has 0 aromatic heterocycles. The number of rotatable bonds is 8. The first-order valence-corrected chi connectivity index (χ1v) is 6.55. The van der Waals surface area contributed by atoms with E-state index < -0.39 is 48.3 Å². The molecule has 0 aliphatic carbocycles. The van der Waals surface area contributed by atoms with Crippen molar-refractivity contribution in [3.63, 3.8) is 0 Å². The van der Waals surface area contributed by atoms with Crippen LogP contribution in [0.25, 0.3) is 0 Å². The molecule has 0 saturated carbocycles. The van der Waals surface area contributed by atoms with Crippen molar-refractivity contribution >= 4 is 29.7 Å². The van der Waals surface area contributed by atoms with Gasteiger partial charge in [-0.1, -0.05) is 0 Å². The molecule has 1 aliphatic rings. The minimum atomic E-state index is -1.35. The summed E-state index contributed by atoms with van der Waals surface area (Å²) in [4.78, 5) is 56.9. The monoisotopic (exact) mass is 315 g/mol. The van der Waals surface area contributed by atoms with Crippen LogP contribution in [0.4, 0.5) is 0 Å². The van der Waals surface area contributed by atoms with Crippen molar-refractivity contribution in [2.45, 2.75) is 37.8 Å². The number of nitrogens with one attached hydrogen (secondary N) is 1. The number of carboxylic acid groups (broad SMARTS) is 2. The van der Waals surface area contributed by atoms with Crippen molar-refractivity contribution in [3.8, 4) is 0 Å². The van der Waals surface area contributed by atoms with Gasteiger partial charge in [-0.2, -0.15) is 0 Å². The third-order valence-electron chi connectivity index (χ3n) is 3.24. The molecule has 0 aromatic carbocycles. The first-order valence-electron chi connectivity index (χ1n) is 6.55. The Kier molecular flexibility index (Phi) is 5.84. The zero-order chi connectivity index (χ0) is 16.9. The Bertz CT molecular complexity index is 505. The second-order valence-electron chi connectivity index (χ2n) is 4.88. The Balaban J connectivity index is 2.62. The van der Waals surface area contributed by atoms with Crippen LogP contribution in [0.1, 0.15) is 25.7 Å². The van der Waals surface area contributed by atoms with Crippen LogP contribution in [-0.4, -0.2) is 63.4 Å². The molecule has 2 atom stereocenters. The zero-order valence-corrected chi connectivity index (χ0v) is 11.7. The Morgan fingerprint density at radius 1 is 1.32 bits per heavy atom. The van der Waals surface area contributed by atoms with Gasteiger partial charge in [0.1, 0.15) is 18.6 Å². The van der Waals surface area contributed by atoms with Gasteiger partial charge in [-0.3, -0.25) is 14.4 Å². The van der Waals surface area contributed by atoms with Crippen LogP contribution >= 0.6 is 0 Å². The lowest BCUT2D eigenvalue weighted by Gasteiger charge is -2.22. The van der Waals surface area contributed by atoms with E-state index in [0.29, 0.717) is 0 Å². The van der Waals surface area contributed by atoms with Gasteiger partial charge < -0.3 is 26.2 Å². The SMILES string of the molecule is NC(=O)CC[C@H](NC(=O)CN1C(=O)CC[C@H]1C(=O)O)C(=O)O. The molecular formula is C12H17N3O7. The first kappa shape index (κ1) is 17.4. The van der Waals surface area contributed by atoms with Gasteiger partial charge in [0.15, 0.2) is 0 Å². The number of primary amides is 1. The van der Waals surface area contributed by atoms with E-state index in [1.807, 2.05) is 0 Å². The van der Waals surface area contributed by atoms with Gasteiger partial charge in [-0.15, -0.1) is 0 Å². The molecule has 1 fully saturated rings. The number of hydrogen-bond acceptors (Lipinski definition) is 5. The lowest BCUT2D eigenvalue weighted by atomic mass is 10.1. The molecular weight excluding hydrogens is 298 g/mol. The van der Waals surface area contributed by atoms with Gasteiger partial charge in [0.25, 0.3) is 0 Å². The number of amides is 3. The van der Waals surface area contributed by atoms with E-state index in [1.165, 1.54) is 0 Å². The number of carbonyl (C=O) groups is 5. The molecule has 0 aromatic rings. The molecule has 122 valence electrons. The predicted octanol–water partition coefficient (Wildman–Crippen LogP) is -2.10. The standard InChI is InChI=1S/C12H17N3O7/c13-8(16)3-1-6(11(19)20)14-9(17)5-15-7(12(21)22)2-4-10(15)18/h6-7H,1-5H2,(H2,13,16)(H,14,17)(H,19,20)(H,21,22)/t6-,7-/m0/s1. The molecule has 0 radical (unpaired) electrons. The molecule has 1 heterocycles. The highest BCUT2D eigenvalue weighted by atomic mass is 16.4. The summed E-state index contributed by atoms with van der Waals surface area (Å²) in [7, 11) is 0. The van der Waals surface area contributed by atoms with E-state index in [0.717, 1.165) is 4.90 Å². The summed E-state index contributed by atoms with van der Waals surface area (Å²) >= 11 is 0. The Morgan fingerprint density at radius 2 is 1.95 bits per heavy atom. The topological polar surface area (TPSA) is 167 Å². The van der Waals surface area contributed by atoms with Crippen molar-refractivity contribution in [3.05, 3.63) is 0 Å². The summed E-state index contributed by atoms with van der Waals surface area (Å²) in [5, 5.41) is 20.1. The quantitative estimate of drug-likeness (QED) is 0.397. The number of carbonyl (C=O) groups excluding carboxylic acids is 3. The number of aliphatic carboxylic acids is 2.